The van der Waals surface area contributed by atoms with Gasteiger partial charge in [0.2, 0.25) is 0 Å². The number of urea groups is 1. The molecule has 2 rings (SSSR count). The largest absolute Gasteiger partial charge is 0.463 e. The summed E-state index contributed by atoms with van der Waals surface area (Å²) in [6, 6.07) is 5.24. The molecule has 2 amide bonds. The number of carbonyl (C=O) groups is 3. The number of rotatable bonds is 6. The first-order valence-electron chi connectivity index (χ1n) is 7.86. The average molecular weight is 367 g/mol. The maximum atomic E-state index is 12.2. The second kappa shape index (κ2) is 8.53. The number of esters is 2. The second-order valence-electron chi connectivity index (χ2n) is 5.26. The first-order chi connectivity index (χ1) is 12.0. The Morgan fingerprint density at radius 1 is 1.12 bits per heavy atom. The van der Waals surface area contributed by atoms with E-state index in [1.54, 1.807) is 19.1 Å². The summed E-state index contributed by atoms with van der Waals surface area (Å²) in [6.07, 6.45) is 0.496. The summed E-state index contributed by atoms with van der Waals surface area (Å²) in [5.41, 5.74) is 0.791. The third-order valence-electron chi connectivity index (χ3n) is 3.57. The zero-order chi connectivity index (χ0) is 18.4. The normalized spacial score (nSPS) is 16.8. The molecule has 0 unspecified atom stereocenters. The first-order valence-corrected chi connectivity index (χ1v) is 8.24. The molecule has 25 heavy (non-hydrogen) atoms. The summed E-state index contributed by atoms with van der Waals surface area (Å²) >= 11 is 5.78. The van der Waals surface area contributed by atoms with Gasteiger partial charge in [0.15, 0.2) is 0 Å². The Balaban J connectivity index is 2.19. The molecular weight excluding hydrogens is 348 g/mol. The SMILES string of the molecule is CCOC(=O)C1=C(COC(=O)c2ccc(Cl)cc2)NC(=O)N[C@@H]1CC. The Morgan fingerprint density at radius 3 is 2.40 bits per heavy atom. The topological polar surface area (TPSA) is 93.7 Å². The van der Waals surface area contributed by atoms with Crippen LogP contribution >= 0.6 is 11.6 Å². The molecule has 1 atom stereocenters. The van der Waals surface area contributed by atoms with Crippen LogP contribution in [0.3, 0.4) is 0 Å². The van der Waals surface area contributed by atoms with E-state index in [4.69, 9.17) is 21.1 Å². The van der Waals surface area contributed by atoms with Crippen molar-refractivity contribution in [3.63, 3.8) is 0 Å². The summed E-state index contributed by atoms with van der Waals surface area (Å²) in [4.78, 5) is 36.1. The van der Waals surface area contributed by atoms with E-state index in [0.717, 1.165) is 0 Å². The Labute approximate surface area is 150 Å². The monoisotopic (exact) mass is 366 g/mol. The molecule has 2 N–H and O–H groups in total. The van der Waals surface area contributed by atoms with Gasteiger partial charge >= 0.3 is 18.0 Å². The van der Waals surface area contributed by atoms with Gasteiger partial charge in [-0.2, -0.15) is 0 Å². The van der Waals surface area contributed by atoms with Crippen LogP contribution in [0.1, 0.15) is 30.6 Å². The molecule has 1 aromatic carbocycles. The molecule has 0 saturated heterocycles. The summed E-state index contributed by atoms with van der Waals surface area (Å²) in [7, 11) is 0. The molecule has 0 saturated carbocycles. The Hall–Kier alpha value is -2.54. The van der Waals surface area contributed by atoms with Gasteiger partial charge in [0.25, 0.3) is 0 Å². The lowest BCUT2D eigenvalue weighted by Crippen LogP contribution is -2.51. The Bertz CT molecular complexity index is 699. The molecule has 0 radical (unpaired) electrons. The minimum absolute atomic E-state index is 0.199. The minimum Gasteiger partial charge on any atom is -0.463 e. The molecular formula is C17H19ClN2O5. The summed E-state index contributed by atoms with van der Waals surface area (Å²) in [5, 5.41) is 5.66. The van der Waals surface area contributed by atoms with E-state index in [-0.39, 0.29) is 24.5 Å². The summed E-state index contributed by atoms with van der Waals surface area (Å²) < 4.78 is 10.3. The molecule has 0 spiro atoms. The summed E-state index contributed by atoms with van der Waals surface area (Å²) in [5.74, 6) is -1.15. The van der Waals surface area contributed by atoms with Gasteiger partial charge in [0.1, 0.15) is 6.61 Å². The zero-order valence-electron chi connectivity index (χ0n) is 13.9. The standard InChI is InChI=1S/C17H19ClN2O5/c1-3-12-14(16(22)24-4-2)13(20-17(23)19-12)9-25-15(21)10-5-7-11(18)8-6-10/h5-8,12H,3-4,9H2,1-2H3,(H2,19,20,23)/t12-/m1/s1. The molecule has 7 nitrogen and oxygen atoms in total. The molecule has 0 aromatic heterocycles. The van der Waals surface area contributed by atoms with Gasteiger partial charge in [-0.25, -0.2) is 14.4 Å². The fourth-order valence-corrected chi connectivity index (χ4v) is 2.51. The Kier molecular flexibility index (Phi) is 6.41. The lowest BCUT2D eigenvalue weighted by Gasteiger charge is -2.28. The van der Waals surface area contributed by atoms with Crippen molar-refractivity contribution in [2.75, 3.05) is 13.2 Å². The molecule has 0 aliphatic carbocycles. The molecule has 1 aliphatic rings. The van der Waals surface area contributed by atoms with E-state index in [9.17, 15) is 14.4 Å². The third-order valence-corrected chi connectivity index (χ3v) is 3.83. The van der Waals surface area contributed by atoms with E-state index in [1.165, 1.54) is 12.1 Å². The highest BCUT2D eigenvalue weighted by Crippen LogP contribution is 2.18. The van der Waals surface area contributed by atoms with Gasteiger partial charge in [-0.3, -0.25) is 0 Å². The van der Waals surface area contributed by atoms with Gasteiger partial charge in [-0.15, -0.1) is 0 Å². The highest BCUT2D eigenvalue weighted by Gasteiger charge is 2.32. The van der Waals surface area contributed by atoms with Crippen LogP contribution in [0.25, 0.3) is 0 Å². The number of nitrogens with one attached hydrogen (secondary N) is 2. The van der Waals surface area contributed by atoms with Gasteiger partial charge in [0, 0.05) is 5.02 Å². The average Bonchev–Trinajstić information content (AvgIpc) is 2.59. The fourth-order valence-electron chi connectivity index (χ4n) is 2.38. The van der Waals surface area contributed by atoms with Gasteiger partial charge in [-0.1, -0.05) is 18.5 Å². The predicted octanol–water partition coefficient (Wildman–Crippen LogP) is 2.41. The van der Waals surface area contributed by atoms with Crippen LogP contribution in [-0.2, 0) is 14.3 Å². The third kappa shape index (κ3) is 4.73. The first kappa shape index (κ1) is 18.8. The van der Waals surface area contributed by atoms with Crippen LogP contribution in [0.15, 0.2) is 35.5 Å². The van der Waals surface area contributed by atoms with Crippen LogP contribution in [0, 0.1) is 0 Å². The van der Waals surface area contributed by atoms with E-state index < -0.39 is 24.0 Å². The zero-order valence-corrected chi connectivity index (χ0v) is 14.7. The van der Waals surface area contributed by atoms with Crippen LogP contribution < -0.4 is 10.6 Å². The highest BCUT2D eigenvalue weighted by atomic mass is 35.5. The van der Waals surface area contributed by atoms with Crippen molar-refractivity contribution >= 4 is 29.6 Å². The maximum Gasteiger partial charge on any atom is 0.338 e. The van der Waals surface area contributed by atoms with Crippen molar-refractivity contribution in [2.45, 2.75) is 26.3 Å². The number of benzene rings is 1. The molecule has 0 bridgehead atoms. The Morgan fingerprint density at radius 2 is 1.80 bits per heavy atom. The smallest absolute Gasteiger partial charge is 0.338 e. The molecule has 0 fully saturated rings. The van der Waals surface area contributed by atoms with Gasteiger partial charge < -0.3 is 20.1 Å². The van der Waals surface area contributed by atoms with E-state index in [1.807, 2.05) is 6.92 Å². The number of hydrogen-bond donors (Lipinski definition) is 2. The second-order valence-corrected chi connectivity index (χ2v) is 5.69. The fraction of sp³-hybridized carbons (Fsp3) is 0.353. The van der Waals surface area contributed by atoms with Crippen molar-refractivity contribution in [3.05, 3.63) is 46.1 Å². The highest BCUT2D eigenvalue weighted by molar-refractivity contribution is 6.30. The maximum absolute atomic E-state index is 12.2. The van der Waals surface area contributed by atoms with Crippen molar-refractivity contribution in [3.8, 4) is 0 Å². The van der Waals surface area contributed by atoms with Crippen molar-refractivity contribution < 1.29 is 23.9 Å². The van der Waals surface area contributed by atoms with Gasteiger partial charge in [0.05, 0.1) is 29.5 Å². The number of hydrogen-bond acceptors (Lipinski definition) is 5. The van der Waals surface area contributed by atoms with E-state index >= 15 is 0 Å². The van der Waals surface area contributed by atoms with Crippen molar-refractivity contribution in [1.82, 2.24) is 10.6 Å². The molecule has 134 valence electrons. The van der Waals surface area contributed by atoms with Crippen molar-refractivity contribution in [1.29, 1.82) is 0 Å². The van der Waals surface area contributed by atoms with E-state index in [0.29, 0.717) is 17.0 Å². The van der Waals surface area contributed by atoms with E-state index in [2.05, 4.69) is 10.6 Å². The lowest BCUT2D eigenvalue weighted by molar-refractivity contribution is -0.139. The quantitative estimate of drug-likeness (QED) is 0.754. The predicted molar refractivity (Wildman–Crippen MR) is 91.1 cm³/mol. The number of carbonyl (C=O) groups excluding carboxylic acids is 3. The lowest BCUT2D eigenvalue weighted by atomic mass is 10.0. The molecule has 1 heterocycles. The molecule has 1 aromatic rings. The van der Waals surface area contributed by atoms with Crippen LogP contribution in [0.2, 0.25) is 5.02 Å². The van der Waals surface area contributed by atoms with Gasteiger partial charge in [-0.05, 0) is 37.6 Å². The number of ether oxygens (including phenoxy) is 2. The van der Waals surface area contributed by atoms with Crippen LogP contribution in [-0.4, -0.2) is 37.2 Å². The van der Waals surface area contributed by atoms with Crippen LogP contribution in [0.5, 0.6) is 0 Å². The summed E-state index contributed by atoms with van der Waals surface area (Å²) in [6.45, 7) is 3.46. The minimum atomic E-state index is -0.590. The number of amides is 2. The van der Waals surface area contributed by atoms with Crippen molar-refractivity contribution in [2.24, 2.45) is 0 Å². The number of halogens is 1. The molecule has 1 aliphatic heterocycles. The van der Waals surface area contributed by atoms with Crippen LogP contribution in [0.4, 0.5) is 4.79 Å². The molecule has 8 heteroatoms.